The summed E-state index contributed by atoms with van der Waals surface area (Å²) >= 11 is 5.82. The number of rotatable bonds is 3. The fourth-order valence-electron chi connectivity index (χ4n) is 1.21. The molecule has 1 aliphatic heterocycles. The lowest BCUT2D eigenvalue weighted by molar-refractivity contribution is -0.144. The first-order valence-corrected chi connectivity index (χ1v) is 4.61. The molecule has 0 spiro atoms. The summed E-state index contributed by atoms with van der Waals surface area (Å²) in [5.74, 6) is -0.369. The van der Waals surface area contributed by atoms with Crippen LogP contribution in [-0.2, 0) is 14.3 Å². The minimum Gasteiger partial charge on any atom is -0.465 e. The number of hydrogen-bond acceptors (Lipinski definition) is 3. The standard InChI is InChI=1S/C8H13ClO3/c1-2-11-8(10)7(9)6-4-3-5-12-6/h6-7H,2-5H2,1H3. The maximum atomic E-state index is 11.1. The molecule has 2 unspecified atom stereocenters. The number of esters is 1. The van der Waals surface area contributed by atoms with E-state index < -0.39 is 5.38 Å². The lowest BCUT2D eigenvalue weighted by Gasteiger charge is -2.14. The molecule has 2 atom stereocenters. The monoisotopic (exact) mass is 192 g/mol. The molecule has 1 rings (SSSR count). The molecular weight excluding hydrogens is 180 g/mol. The van der Waals surface area contributed by atoms with E-state index in [1.165, 1.54) is 0 Å². The molecule has 4 heteroatoms. The third-order valence-electron chi connectivity index (χ3n) is 1.80. The lowest BCUT2D eigenvalue weighted by Crippen LogP contribution is -2.30. The molecule has 0 aromatic rings. The zero-order valence-corrected chi connectivity index (χ0v) is 7.84. The second kappa shape index (κ2) is 4.67. The van der Waals surface area contributed by atoms with Crippen molar-refractivity contribution in [1.29, 1.82) is 0 Å². The topological polar surface area (TPSA) is 35.5 Å². The van der Waals surface area contributed by atoms with Crippen molar-refractivity contribution in [3.05, 3.63) is 0 Å². The van der Waals surface area contributed by atoms with Crippen LogP contribution in [0.5, 0.6) is 0 Å². The number of hydrogen-bond donors (Lipinski definition) is 0. The van der Waals surface area contributed by atoms with Gasteiger partial charge in [0.05, 0.1) is 12.7 Å². The summed E-state index contributed by atoms with van der Waals surface area (Å²) in [6, 6.07) is 0. The van der Waals surface area contributed by atoms with Crippen molar-refractivity contribution in [2.75, 3.05) is 13.2 Å². The van der Waals surface area contributed by atoms with Gasteiger partial charge in [-0.1, -0.05) is 0 Å². The van der Waals surface area contributed by atoms with Crippen molar-refractivity contribution in [3.63, 3.8) is 0 Å². The molecule has 1 saturated heterocycles. The minimum atomic E-state index is -0.632. The highest BCUT2D eigenvalue weighted by Gasteiger charge is 2.30. The van der Waals surface area contributed by atoms with Crippen LogP contribution in [0.25, 0.3) is 0 Å². The first-order chi connectivity index (χ1) is 5.75. The van der Waals surface area contributed by atoms with Gasteiger partial charge in [-0.15, -0.1) is 11.6 Å². The van der Waals surface area contributed by atoms with E-state index in [0.717, 1.165) is 12.8 Å². The summed E-state index contributed by atoms with van der Waals surface area (Å²) in [7, 11) is 0. The van der Waals surface area contributed by atoms with Crippen molar-refractivity contribution >= 4 is 17.6 Å². The Morgan fingerprint density at radius 1 is 1.83 bits per heavy atom. The van der Waals surface area contributed by atoms with Crippen LogP contribution >= 0.6 is 11.6 Å². The van der Waals surface area contributed by atoms with E-state index >= 15 is 0 Å². The molecule has 0 aliphatic carbocycles. The summed E-state index contributed by atoms with van der Waals surface area (Å²) < 4.78 is 10.0. The van der Waals surface area contributed by atoms with Gasteiger partial charge in [0.15, 0.2) is 5.38 Å². The zero-order chi connectivity index (χ0) is 8.97. The predicted octanol–water partition coefficient (Wildman–Crippen LogP) is 1.34. The summed E-state index contributed by atoms with van der Waals surface area (Å²) in [5, 5.41) is -0.632. The van der Waals surface area contributed by atoms with E-state index in [2.05, 4.69) is 0 Å². The molecule has 1 aliphatic rings. The largest absolute Gasteiger partial charge is 0.465 e. The van der Waals surface area contributed by atoms with Crippen LogP contribution in [0.4, 0.5) is 0 Å². The van der Waals surface area contributed by atoms with Crippen LogP contribution in [0.1, 0.15) is 19.8 Å². The molecule has 3 nitrogen and oxygen atoms in total. The van der Waals surface area contributed by atoms with E-state index in [0.29, 0.717) is 13.2 Å². The highest BCUT2D eigenvalue weighted by atomic mass is 35.5. The predicted molar refractivity (Wildman–Crippen MR) is 45.2 cm³/mol. The number of alkyl halides is 1. The highest BCUT2D eigenvalue weighted by Crippen LogP contribution is 2.20. The summed E-state index contributed by atoms with van der Waals surface area (Å²) in [4.78, 5) is 11.1. The maximum absolute atomic E-state index is 11.1. The van der Waals surface area contributed by atoms with Crippen molar-refractivity contribution in [1.82, 2.24) is 0 Å². The van der Waals surface area contributed by atoms with Gasteiger partial charge in [0.2, 0.25) is 0 Å². The fraction of sp³-hybridized carbons (Fsp3) is 0.875. The van der Waals surface area contributed by atoms with E-state index in [9.17, 15) is 4.79 Å². The van der Waals surface area contributed by atoms with Crippen LogP contribution < -0.4 is 0 Å². The quantitative estimate of drug-likeness (QED) is 0.500. The second-order valence-corrected chi connectivity index (χ2v) is 3.18. The van der Waals surface area contributed by atoms with Gasteiger partial charge in [0.1, 0.15) is 0 Å². The molecule has 0 bridgehead atoms. The Morgan fingerprint density at radius 2 is 2.58 bits per heavy atom. The van der Waals surface area contributed by atoms with Crippen molar-refractivity contribution in [2.24, 2.45) is 0 Å². The van der Waals surface area contributed by atoms with Crippen LogP contribution in [0, 0.1) is 0 Å². The van der Waals surface area contributed by atoms with Gasteiger partial charge in [-0.2, -0.15) is 0 Å². The van der Waals surface area contributed by atoms with E-state index in [1.807, 2.05) is 0 Å². The molecule has 1 heterocycles. The van der Waals surface area contributed by atoms with Gasteiger partial charge in [-0.25, -0.2) is 0 Å². The minimum absolute atomic E-state index is 0.147. The third-order valence-corrected chi connectivity index (χ3v) is 2.26. The molecule has 0 radical (unpaired) electrons. The smallest absolute Gasteiger partial charge is 0.326 e. The highest BCUT2D eigenvalue weighted by molar-refractivity contribution is 6.30. The van der Waals surface area contributed by atoms with E-state index in [-0.39, 0.29) is 12.1 Å². The summed E-state index contributed by atoms with van der Waals surface area (Å²) in [5.41, 5.74) is 0. The van der Waals surface area contributed by atoms with Gasteiger partial charge in [0, 0.05) is 6.61 Å². The molecule has 0 N–H and O–H groups in total. The Balaban J connectivity index is 2.34. The molecule has 1 fully saturated rings. The number of ether oxygens (including phenoxy) is 2. The van der Waals surface area contributed by atoms with Crippen LogP contribution in [-0.4, -0.2) is 30.7 Å². The van der Waals surface area contributed by atoms with Crippen molar-refractivity contribution < 1.29 is 14.3 Å². The molecule has 70 valence electrons. The third kappa shape index (κ3) is 2.35. The Kier molecular flexibility index (Phi) is 3.82. The summed E-state index contributed by atoms with van der Waals surface area (Å²) in [6.07, 6.45) is 1.69. The Hall–Kier alpha value is -0.280. The second-order valence-electron chi connectivity index (χ2n) is 2.71. The first kappa shape index (κ1) is 9.81. The van der Waals surface area contributed by atoms with E-state index in [1.54, 1.807) is 6.92 Å². The molecule has 0 saturated carbocycles. The molecule has 0 amide bonds. The SMILES string of the molecule is CCOC(=O)C(Cl)C1CCCO1. The van der Waals surface area contributed by atoms with Crippen LogP contribution in [0.3, 0.4) is 0 Å². The zero-order valence-electron chi connectivity index (χ0n) is 7.09. The Labute approximate surface area is 77.0 Å². The average molecular weight is 193 g/mol. The molecule has 0 aromatic carbocycles. The van der Waals surface area contributed by atoms with Gasteiger partial charge in [-0.05, 0) is 19.8 Å². The first-order valence-electron chi connectivity index (χ1n) is 4.18. The normalized spacial score (nSPS) is 25.3. The molecule has 0 aromatic heterocycles. The van der Waals surface area contributed by atoms with Crippen molar-refractivity contribution in [2.45, 2.75) is 31.2 Å². The summed E-state index contributed by atoms with van der Waals surface area (Å²) in [6.45, 7) is 2.83. The number of carbonyl (C=O) groups excluding carboxylic acids is 1. The van der Waals surface area contributed by atoms with Gasteiger partial charge < -0.3 is 9.47 Å². The molecular formula is C8H13ClO3. The fourth-order valence-corrected chi connectivity index (χ4v) is 1.47. The Morgan fingerprint density at radius 3 is 3.08 bits per heavy atom. The van der Waals surface area contributed by atoms with Crippen LogP contribution in [0.15, 0.2) is 0 Å². The average Bonchev–Trinajstić information content (AvgIpc) is 2.55. The number of carbonyl (C=O) groups is 1. The van der Waals surface area contributed by atoms with Gasteiger partial charge in [0.25, 0.3) is 0 Å². The van der Waals surface area contributed by atoms with Crippen molar-refractivity contribution in [3.8, 4) is 0 Å². The van der Waals surface area contributed by atoms with Crippen LogP contribution in [0.2, 0.25) is 0 Å². The van der Waals surface area contributed by atoms with Gasteiger partial charge in [-0.3, -0.25) is 4.79 Å². The van der Waals surface area contributed by atoms with Gasteiger partial charge >= 0.3 is 5.97 Å². The number of halogens is 1. The van der Waals surface area contributed by atoms with E-state index in [4.69, 9.17) is 21.1 Å². The maximum Gasteiger partial charge on any atom is 0.326 e. The lowest BCUT2D eigenvalue weighted by atomic mass is 10.2. The Bertz CT molecular complexity index is 154. The molecule has 12 heavy (non-hydrogen) atoms.